The number of phenols is 2. The number of carbonyl (C=O) groups is 2. The van der Waals surface area contributed by atoms with E-state index in [-0.39, 0.29) is 17.9 Å². The summed E-state index contributed by atoms with van der Waals surface area (Å²) in [7, 11) is 0. The fourth-order valence-corrected chi connectivity index (χ4v) is 2.44. The molecule has 0 amide bonds. The number of nitrogens with two attached hydrogens (primary N) is 1. The van der Waals surface area contributed by atoms with Gasteiger partial charge in [-0.3, -0.25) is 9.59 Å². The van der Waals surface area contributed by atoms with Crippen LogP contribution in [0.1, 0.15) is 46.6 Å². The molecular weight excluding hydrogens is 338 g/mol. The van der Waals surface area contributed by atoms with Crippen LogP contribution in [0.4, 0.5) is 0 Å². The zero-order chi connectivity index (χ0) is 20.3. The summed E-state index contributed by atoms with van der Waals surface area (Å²) in [5.41, 5.74) is 4.24. The summed E-state index contributed by atoms with van der Waals surface area (Å²) >= 11 is 0. The third-order valence-electron chi connectivity index (χ3n) is 5.18. The van der Waals surface area contributed by atoms with Crippen LogP contribution in [-0.4, -0.2) is 38.9 Å². The molecule has 0 saturated heterocycles. The molecule has 0 aromatic heterocycles. The molecule has 7 heteroatoms. The molecule has 1 rings (SSSR count). The van der Waals surface area contributed by atoms with Crippen molar-refractivity contribution in [3.05, 3.63) is 23.8 Å². The summed E-state index contributed by atoms with van der Waals surface area (Å²) in [6.07, 6.45) is -0.233. The van der Waals surface area contributed by atoms with Crippen LogP contribution in [0.3, 0.4) is 0 Å². The SMILES string of the molecule is CCC(C)(C)C(=O)O[C@@H](C)[C@@H](C)[C@](N)(Cc1ccc(O)c(O)c1)C(=O)O. The molecule has 0 spiro atoms. The standard InChI is InChI=1S/C19H29NO6/c1-6-18(4,5)17(25)26-12(3)11(2)19(20,16(23)24)10-13-7-8-14(21)15(22)9-13/h7-9,11-12,21-22H,6,10,20H2,1-5H3,(H,23,24)/t11-,12+,19-/m1/s1. The number of rotatable bonds is 8. The van der Waals surface area contributed by atoms with E-state index in [1.165, 1.54) is 18.2 Å². The van der Waals surface area contributed by atoms with E-state index in [9.17, 15) is 24.9 Å². The molecule has 0 heterocycles. The molecule has 146 valence electrons. The van der Waals surface area contributed by atoms with Crippen LogP contribution >= 0.6 is 0 Å². The van der Waals surface area contributed by atoms with Gasteiger partial charge in [0.1, 0.15) is 11.6 Å². The first-order chi connectivity index (χ1) is 11.8. The van der Waals surface area contributed by atoms with Gasteiger partial charge in [-0.1, -0.05) is 19.9 Å². The van der Waals surface area contributed by atoms with Gasteiger partial charge in [0.25, 0.3) is 0 Å². The summed E-state index contributed by atoms with van der Waals surface area (Å²) < 4.78 is 5.47. The zero-order valence-electron chi connectivity index (χ0n) is 15.9. The van der Waals surface area contributed by atoms with Gasteiger partial charge in [0.2, 0.25) is 0 Å². The Morgan fingerprint density at radius 1 is 1.19 bits per heavy atom. The van der Waals surface area contributed by atoms with Gasteiger partial charge in [0.05, 0.1) is 5.41 Å². The molecule has 1 aromatic carbocycles. The minimum absolute atomic E-state index is 0.101. The number of phenolic OH excluding ortho intramolecular Hbond substituents is 2. The molecule has 0 unspecified atom stereocenters. The number of benzene rings is 1. The van der Waals surface area contributed by atoms with Gasteiger partial charge in [0.15, 0.2) is 11.5 Å². The third kappa shape index (κ3) is 4.66. The van der Waals surface area contributed by atoms with Crippen LogP contribution in [0.5, 0.6) is 11.5 Å². The van der Waals surface area contributed by atoms with Gasteiger partial charge in [0, 0.05) is 12.3 Å². The Balaban J connectivity index is 3.04. The highest BCUT2D eigenvalue weighted by Gasteiger charge is 2.44. The van der Waals surface area contributed by atoms with E-state index in [1.807, 2.05) is 6.92 Å². The van der Waals surface area contributed by atoms with Crippen LogP contribution in [0, 0.1) is 11.3 Å². The Bertz CT molecular complexity index is 672. The molecular formula is C19H29NO6. The van der Waals surface area contributed by atoms with Crippen molar-refractivity contribution in [1.29, 1.82) is 0 Å². The highest BCUT2D eigenvalue weighted by atomic mass is 16.5. The van der Waals surface area contributed by atoms with Crippen molar-refractivity contribution >= 4 is 11.9 Å². The van der Waals surface area contributed by atoms with Crippen LogP contribution < -0.4 is 5.73 Å². The molecule has 26 heavy (non-hydrogen) atoms. The van der Waals surface area contributed by atoms with Crippen LogP contribution in [0.2, 0.25) is 0 Å². The second-order valence-corrected chi connectivity index (χ2v) is 7.48. The maximum atomic E-state index is 12.3. The molecule has 0 radical (unpaired) electrons. The number of esters is 1. The van der Waals surface area contributed by atoms with E-state index in [4.69, 9.17) is 10.5 Å². The van der Waals surface area contributed by atoms with E-state index in [0.717, 1.165) is 0 Å². The predicted molar refractivity (Wildman–Crippen MR) is 96.8 cm³/mol. The van der Waals surface area contributed by atoms with E-state index >= 15 is 0 Å². The number of hydrogen-bond acceptors (Lipinski definition) is 6. The van der Waals surface area contributed by atoms with E-state index < -0.39 is 34.9 Å². The Morgan fingerprint density at radius 2 is 1.77 bits per heavy atom. The summed E-state index contributed by atoms with van der Waals surface area (Å²) in [5, 5.41) is 28.7. The Hall–Kier alpha value is -2.28. The van der Waals surface area contributed by atoms with Crippen molar-refractivity contribution in [1.82, 2.24) is 0 Å². The van der Waals surface area contributed by atoms with Crippen molar-refractivity contribution in [2.45, 2.75) is 59.1 Å². The summed E-state index contributed by atoms with van der Waals surface area (Å²) in [5.74, 6) is -3.01. The quantitative estimate of drug-likeness (QED) is 0.410. The second-order valence-electron chi connectivity index (χ2n) is 7.48. The normalized spacial score (nSPS) is 16.4. The number of hydrogen-bond donors (Lipinski definition) is 4. The lowest BCUT2D eigenvalue weighted by molar-refractivity contribution is -0.165. The monoisotopic (exact) mass is 367 g/mol. The van der Waals surface area contributed by atoms with Gasteiger partial charge in [-0.15, -0.1) is 0 Å². The minimum Gasteiger partial charge on any atom is -0.504 e. The fourth-order valence-electron chi connectivity index (χ4n) is 2.44. The van der Waals surface area contributed by atoms with Crippen LogP contribution in [0.25, 0.3) is 0 Å². The maximum Gasteiger partial charge on any atom is 0.324 e. The van der Waals surface area contributed by atoms with Gasteiger partial charge in [-0.25, -0.2) is 0 Å². The molecule has 3 atom stereocenters. The van der Waals surface area contributed by atoms with E-state index in [1.54, 1.807) is 27.7 Å². The van der Waals surface area contributed by atoms with E-state index in [2.05, 4.69) is 0 Å². The first-order valence-corrected chi connectivity index (χ1v) is 8.59. The van der Waals surface area contributed by atoms with Crippen LogP contribution in [-0.2, 0) is 20.7 Å². The van der Waals surface area contributed by atoms with Crippen LogP contribution in [0.15, 0.2) is 18.2 Å². The summed E-state index contributed by atoms with van der Waals surface area (Å²) in [4.78, 5) is 24.2. The second kappa shape index (κ2) is 7.95. The zero-order valence-corrected chi connectivity index (χ0v) is 15.9. The molecule has 0 bridgehead atoms. The van der Waals surface area contributed by atoms with Crippen molar-refractivity contribution < 1.29 is 29.6 Å². The maximum absolute atomic E-state index is 12.3. The molecule has 1 aromatic rings. The van der Waals surface area contributed by atoms with Gasteiger partial charge < -0.3 is 25.8 Å². The van der Waals surface area contributed by atoms with Gasteiger partial charge in [-0.2, -0.15) is 0 Å². The number of carboxylic acids is 1. The molecule has 0 fully saturated rings. The molecule has 7 nitrogen and oxygen atoms in total. The molecule has 0 aliphatic carbocycles. The highest BCUT2D eigenvalue weighted by Crippen LogP contribution is 2.31. The molecule has 5 N–H and O–H groups in total. The van der Waals surface area contributed by atoms with Crippen molar-refractivity contribution in [3.63, 3.8) is 0 Å². The number of aliphatic carboxylic acids is 1. The van der Waals surface area contributed by atoms with Crippen molar-refractivity contribution in [3.8, 4) is 11.5 Å². The largest absolute Gasteiger partial charge is 0.504 e. The lowest BCUT2D eigenvalue weighted by Crippen LogP contribution is -2.58. The summed E-state index contributed by atoms with van der Waals surface area (Å²) in [6, 6.07) is 4.03. The fraction of sp³-hybridized carbons (Fsp3) is 0.579. The van der Waals surface area contributed by atoms with E-state index in [0.29, 0.717) is 12.0 Å². The average Bonchev–Trinajstić information content (AvgIpc) is 2.56. The lowest BCUT2D eigenvalue weighted by Gasteiger charge is -2.36. The van der Waals surface area contributed by atoms with Crippen molar-refractivity contribution in [2.24, 2.45) is 17.1 Å². The third-order valence-corrected chi connectivity index (χ3v) is 5.18. The molecule has 0 saturated carbocycles. The van der Waals surface area contributed by atoms with Crippen molar-refractivity contribution in [2.75, 3.05) is 0 Å². The number of ether oxygens (including phenoxy) is 1. The minimum atomic E-state index is -1.72. The number of carbonyl (C=O) groups excluding carboxylic acids is 1. The Kier molecular flexibility index (Phi) is 6.65. The predicted octanol–water partition coefficient (Wildman–Crippen LogP) is 2.43. The highest BCUT2D eigenvalue weighted by molar-refractivity contribution is 5.80. The van der Waals surface area contributed by atoms with Gasteiger partial charge >= 0.3 is 11.9 Å². The number of aromatic hydroxyl groups is 2. The average molecular weight is 367 g/mol. The Morgan fingerprint density at radius 3 is 2.23 bits per heavy atom. The Labute approximate surface area is 153 Å². The smallest absolute Gasteiger partial charge is 0.324 e. The number of carboxylic acid groups (broad SMARTS) is 1. The first kappa shape index (κ1) is 21.8. The lowest BCUT2D eigenvalue weighted by atomic mass is 9.78. The summed E-state index contributed by atoms with van der Waals surface area (Å²) in [6.45, 7) is 8.63. The van der Waals surface area contributed by atoms with Gasteiger partial charge in [-0.05, 0) is 44.9 Å². The molecule has 0 aliphatic rings. The first-order valence-electron chi connectivity index (χ1n) is 8.59. The topological polar surface area (TPSA) is 130 Å². The molecule has 0 aliphatic heterocycles.